The van der Waals surface area contributed by atoms with E-state index in [-0.39, 0.29) is 18.2 Å². The third-order valence-corrected chi connectivity index (χ3v) is 4.08. The molecule has 1 fully saturated rings. The number of hydrogen-bond donors (Lipinski definition) is 2. The molecule has 0 radical (unpaired) electrons. The number of anilines is 1. The molecule has 0 atom stereocenters. The molecule has 1 aromatic rings. The van der Waals surface area contributed by atoms with E-state index in [2.05, 4.69) is 10.2 Å². The summed E-state index contributed by atoms with van der Waals surface area (Å²) in [5, 5.41) is 10.6. The topological polar surface area (TPSA) is 68.7 Å². The molecule has 2 N–H and O–H groups in total. The summed E-state index contributed by atoms with van der Waals surface area (Å²) in [5.74, 6) is -1.72. The first-order valence-corrected chi connectivity index (χ1v) is 8.47. The third kappa shape index (κ3) is 6.53. The van der Waals surface area contributed by atoms with Crippen molar-refractivity contribution in [2.45, 2.75) is 6.92 Å². The fourth-order valence-corrected chi connectivity index (χ4v) is 2.53. The van der Waals surface area contributed by atoms with E-state index in [0.29, 0.717) is 12.3 Å². The van der Waals surface area contributed by atoms with E-state index in [1.165, 1.54) is 18.3 Å². The molecule has 1 amide bonds. The second kappa shape index (κ2) is 9.98. The molecule has 1 heterocycles. The van der Waals surface area contributed by atoms with Gasteiger partial charge in [-0.3, -0.25) is 9.69 Å². The van der Waals surface area contributed by atoms with Gasteiger partial charge in [-0.25, -0.2) is 8.78 Å². The number of ether oxygens (including phenoxy) is 1. The summed E-state index contributed by atoms with van der Waals surface area (Å²) in [7, 11) is 0. The van der Waals surface area contributed by atoms with Crippen LogP contribution in [0.5, 0.6) is 0 Å². The number of piperazine rings is 1. The maximum Gasteiger partial charge on any atom is 0.219 e. The second-order valence-corrected chi connectivity index (χ2v) is 6.03. The molecule has 8 heteroatoms. The second-order valence-electron chi connectivity index (χ2n) is 6.03. The number of amides is 1. The van der Waals surface area contributed by atoms with Crippen LogP contribution in [0.15, 0.2) is 30.5 Å². The lowest BCUT2D eigenvalue weighted by molar-refractivity contribution is -0.130. The summed E-state index contributed by atoms with van der Waals surface area (Å²) in [6.07, 6.45) is 2.99. The predicted molar refractivity (Wildman–Crippen MR) is 96.4 cm³/mol. The number of carbonyl (C=O) groups is 1. The van der Waals surface area contributed by atoms with E-state index in [1.807, 2.05) is 4.90 Å². The Hall–Kier alpha value is -2.32. The van der Waals surface area contributed by atoms with Gasteiger partial charge in [0.1, 0.15) is 0 Å². The molecule has 0 aliphatic carbocycles. The van der Waals surface area contributed by atoms with Crippen molar-refractivity contribution in [3.63, 3.8) is 0 Å². The number of carbonyl (C=O) groups excluding carboxylic acids is 1. The third-order valence-electron chi connectivity index (χ3n) is 4.08. The minimum atomic E-state index is -0.925. The van der Waals surface area contributed by atoms with Crippen LogP contribution in [0.25, 0.3) is 0 Å². The Morgan fingerprint density at radius 2 is 2.00 bits per heavy atom. The highest BCUT2D eigenvalue weighted by Crippen LogP contribution is 2.12. The van der Waals surface area contributed by atoms with Gasteiger partial charge in [0.25, 0.3) is 0 Å². The molecule has 0 aromatic heterocycles. The van der Waals surface area contributed by atoms with E-state index in [1.54, 1.807) is 6.92 Å². The van der Waals surface area contributed by atoms with Crippen LogP contribution < -0.4 is 5.32 Å². The van der Waals surface area contributed by atoms with Crippen LogP contribution in [0.2, 0.25) is 0 Å². The average molecular weight is 366 g/mol. The molecule has 1 aromatic carbocycles. The Labute approximate surface area is 151 Å². The molecule has 26 heavy (non-hydrogen) atoms. The minimum Gasteiger partial charge on any atom is -0.374 e. The van der Waals surface area contributed by atoms with Gasteiger partial charge in [0.2, 0.25) is 5.91 Å². The van der Waals surface area contributed by atoms with Crippen molar-refractivity contribution in [3.8, 4) is 0 Å². The number of rotatable bonds is 8. The first-order chi connectivity index (χ1) is 12.5. The quantitative estimate of drug-likeness (QED) is 0.546. The molecule has 1 saturated heterocycles. The zero-order valence-electron chi connectivity index (χ0n) is 14.8. The summed E-state index contributed by atoms with van der Waals surface area (Å²) < 4.78 is 31.4. The summed E-state index contributed by atoms with van der Waals surface area (Å²) in [4.78, 5) is 15.3. The van der Waals surface area contributed by atoms with Crippen LogP contribution in [0.1, 0.15) is 6.92 Å². The van der Waals surface area contributed by atoms with Crippen molar-refractivity contribution in [3.05, 3.63) is 42.1 Å². The van der Waals surface area contributed by atoms with Crippen LogP contribution in [0, 0.1) is 17.0 Å². The van der Waals surface area contributed by atoms with Gasteiger partial charge in [-0.2, -0.15) is 0 Å². The molecule has 142 valence electrons. The highest BCUT2D eigenvalue weighted by molar-refractivity contribution is 5.93. The SMILES string of the molecule is CC(=O)N1CCN(CCOCC(=N)/C=C\Nc2ccc(F)c(F)c2)CC1. The van der Waals surface area contributed by atoms with Crippen molar-refractivity contribution in [1.82, 2.24) is 9.80 Å². The summed E-state index contributed by atoms with van der Waals surface area (Å²) >= 11 is 0. The zero-order valence-corrected chi connectivity index (χ0v) is 14.8. The summed E-state index contributed by atoms with van der Waals surface area (Å²) in [6, 6.07) is 3.50. The van der Waals surface area contributed by atoms with Gasteiger partial charge in [0, 0.05) is 57.6 Å². The molecule has 0 spiro atoms. The van der Waals surface area contributed by atoms with E-state index in [4.69, 9.17) is 10.1 Å². The lowest BCUT2D eigenvalue weighted by Crippen LogP contribution is -2.48. The molecular weight excluding hydrogens is 342 g/mol. The van der Waals surface area contributed by atoms with Crippen molar-refractivity contribution in [2.75, 3.05) is 51.3 Å². The van der Waals surface area contributed by atoms with Crippen molar-refractivity contribution in [1.29, 1.82) is 5.41 Å². The van der Waals surface area contributed by atoms with Gasteiger partial charge in [0.05, 0.1) is 18.9 Å². The standard InChI is InChI=1S/C18H24F2N4O2/c1-14(25)24-8-6-23(7-9-24)10-11-26-13-15(21)4-5-22-16-2-3-17(19)18(20)12-16/h2-5,12,21-22H,6-11,13H2,1H3/b5-4-,21-15?. The smallest absolute Gasteiger partial charge is 0.219 e. The fraction of sp³-hybridized carbons (Fsp3) is 0.444. The van der Waals surface area contributed by atoms with Crippen LogP contribution in [0.3, 0.4) is 0 Å². The fourth-order valence-electron chi connectivity index (χ4n) is 2.53. The molecule has 0 bridgehead atoms. The lowest BCUT2D eigenvalue weighted by atomic mass is 10.3. The molecule has 1 aliphatic rings. The Bertz CT molecular complexity index is 659. The highest BCUT2D eigenvalue weighted by atomic mass is 19.2. The van der Waals surface area contributed by atoms with Gasteiger partial charge in [-0.05, 0) is 18.2 Å². The Kier molecular flexibility index (Phi) is 7.68. The molecule has 6 nitrogen and oxygen atoms in total. The van der Waals surface area contributed by atoms with E-state index >= 15 is 0 Å². The number of halogens is 2. The number of nitrogens with one attached hydrogen (secondary N) is 2. The van der Waals surface area contributed by atoms with Gasteiger partial charge in [-0.1, -0.05) is 0 Å². The van der Waals surface area contributed by atoms with Gasteiger partial charge < -0.3 is 20.4 Å². The van der Waals surface area contributed by atoms with Crippen molar-refractivity contribution in [2.24, 2.45) is 0 Å². The van der Waals surface area contributed by atoms with Crippen LogP contribution in [0.4, 0.5) is 14.5 Å². The predicted octanol–water partition coefficient (Wildman–Crippen LogP) is 2.09. The van der Waals surface area contributed by atoms with Crippen LogP contribution in [-0.4, -0.2) is 67.4 Å². The normalized spacial score (nSPS) is 15.4. The van der Waals surface area contributed by atoms with E-state index in [0.717, 1.165) is 44.9 Å². The molecule has 2 rings (SSSR count). The van der Waals surface area contributed by atoms with Gasteiger partial charge in [0.15, 0.2) is 11.6 Å². The van der Waals surface area contributed by atoms with Crippen molar-refractivity contribution >= 4 is 17.3 Å². The number of nitrogens with zero attached hydrogens (tertiary/aromatic N) is 2. The molecular formula is C18H24F2N4O2. The summed E-state index contributed by atoms with van der Waals surface area (Å²) in [5.41, 5.74) is 0.667. The van der Waals surface area contributed by atoms with Gasteiger partial charge >= 0.3 is 0 Å². The lowest BCUT2D eigenvalue weighted by Gasteiger charge is -2.34. The highest BCUT2D eigenvalue weighted by Gasteiger charge is 2.17. The minimum absolute atomic E-state index is 0.109. The van der Waals surface area contributed by atoms with Crippen molar-refractivity contribution < 1.29 is 18.3 Å². The average Bonchev–Trinajstić information content (AvgIpc) is 2.62. The van der Waals surface area contributed by atoms with Crippen LogP contribution >= 0.6 is 0 Å². The number of hydrogen-bond acceptors (Lipinski definition) is 5. The zero-order chi connectivity index (χ0) is 18.9. The van der Waals surface area contributed by atoms with E-state index < -0.39 is 11.6 Å². The molecule has 0 unspecified atom stereocenters. The Morgan fingerprint density at radius 3 is 2.65 bits per heavy atom. The maximum atomic E-state index is 13.1. The van der Waals surface area contributed by atoms with Gasteiger partial charge in [-0.15, -0.1) is 0 Å². The molecule has 0 saturated carbocycles. The first kappa shape index (κ1) is 20.0. The Balaban J connectivity index is 1.59. The maximum absolute atomic E-state index is 13.1. The monoisotopic (exact) mass is 366 g/mol. The van der Waals surface area contributed by atoms with E-state index in [9.17, 15) is 13.6 Å². The first-order valence-electron chi connectivity index (χ1n) is 8.47. The largest absolute Gasteiger partial charge is 0.374 e. The molecule has 1 aliphatic heterocycles. The summed E-state index contributed by atoms with van der Waals surface area (Å²) in [6.45, 7) is 6.16. The Morgan fingerprint density at radius 1 is 1.27 bits per heavy atom. The number of benzene rings is 1. The van der Waals surface area contributed by atoms with Crippen LogP contribution in [-0.2, 0) is 9.53 Å².